The first-order chi connectivity index (χ1) is 13.5. The monoisotopic (exact) mass is 384 g/mol. The van der Waals surface area contributed by atoms with Crippen molar-refractivity contribution in [1.29, 1.82) is 0 Å². The summed E-state index contributed by atoms with van der Waals surface area (Å²) in [6.45, 7) is 4.43. The number of rotatable bonds is 7. The lowest BCUT2D eigenvalue weighted by Gasteiger charge is -2.33. The average Bonchev–Trinajstić information content (AvgIpc) is 2.66. The molecule has 7 heteroatoms. The molecule has 1 N–H and O–H groups in total. The van der Waals surface area contributed by atoms with Crippen LogP contribution in [0.25, 0.3) is 0 Å². The molecule has 1 aliphatic heterocycles. The Labute approximate surface area is 164 Å². The van der Waals surface area contributed by atoms with Gasteiger partial charge in [0.25, 0.3) is 5.91 Å². The van der Waals surface area contributed by atoms with Gasteiger partial charge in [-0.15, -0.1) is 0 Å². The van der Waals surface area contributed by atoms with E-state index in [-0.39, 0.29) is 18.4 Å². The Balaban J connectivity index is 1.70. The molecule has 7 nitrogen and oxygen atoms in total. The summed E-state index contributed by atoms with van der Waals surface area (Å²) in [5.74, 6) is 0.912. The predicted octanol–water partition coefficient (Wildman–Crippen LogP) is 2.77. The molecule has 2 amide bonds. The number of ether oxygens (including phenoxy) is 3. The summed E-state index contributed by atoms with van der Waals surface area (Å²) in [6.07, 6.45) is -0.614. The van der Waals surface area contributed by atoms with Crippen LogP contribution < -0.4 is 19.7 Å². The number of aryl methyl sites for hydroxylation is 1. The van der Waals surface area contributed by atoms with Crippen molar-refractivity contribution >= 4 is 23.2 Å². The Kier molecular flexibility index (Phi) is 6.16. The minimum atomic E-state index is -0.614. The molecular formula is C21H24N2O5. The van der Waals surface area contributed by atoms with Crippen LogP contribution >= 0.6 is 0 Å². The summed E-state index contributed by atoms with van der Waals surface area (Å²) in [5.41, 5.74) is 2.39. The standard InChI is InChI=1S/C21H24N2O5/c1-14-4-7-17(8-5-14)27-11-10-23-18-9-6-16(22-20(24)13-26-3)12-19(18)28-15(2)21(23)25/h4-9,12,15H,10-11,13H2,1-3H3,(H,22,24). The normalized spacial score (nSPS) is 15.6. The number of amides is 2. The zero-order chi connectivity index (χ0) is 20.1. The molecule has 1 heterocycles. The summed E-state index contributed by atoms with van der Waals surface area (Å²) in [6, 6.07) is 13.0. The average molecular weight is 384 g/mol. The zero-order valence-corrected chi connectivity index (χ0v) is 16.2. The first kappa shape index (κ1) is 19.7. The van der Waals surface area contributed by atoms with Crippen LogP contribution in [0.3, 0.4) is 0 Å². The minimum absolute atomic E-state index is 0.0324. The maximum absolute atomic E-state index is 12.6. The van der Waals surface area contributed by atoms with Gasteiger partial charge in [-0.25, -0.2) is 0 Å². The van der Waals surface area contributed by atoms with E-state index >= 15 is 0 Å². The van der Waals surface area contributed by atoms with E-state index in [1.54, 1.807) is 30.0 Å². The topological polar surface area (TPSA) is 77.1 Å². The fourth-order valence-corrected chi connectivity index (χ4v) is 2.94. The molecule has 3 rings (SSSR count). The summed E-state index contributed by atoms with van der Waals surface area (Å²) in [5, 5.41) is 2.73. The maximum atomic E-state index is 12.6. The number of fused-ring (bicyclic) bond motifs is 1. The third-order valence-electron chi connectivity index (χ3n) is 4.33. The second kappa shape index (κ2) is 8.75. The highest BCUT2D eigenvalue weighted by molar-refractivity contribution is 6.00. The number of methoxy groups -OCH3 is 1. The van der Waals surface area contributed by atoms with Crippen molar-refractivity contribution in [1.82, 2.24) is 0 Å². The molecule has 0 fully saturated rings. The van der Waals surface area contributed by atoms with E-state index in [0.717, 1.165) is 11.3 Å². The van der Waals surface area contributed by atoms with Gasteiger partial charge in [0.05, 0.1) is 12.2 Å². The van der Waals surface area contributed by atoms with Gasteiger partial charge in [-0.05, 0) is 38.1 Å². The highest BCUT2D eigenvalue weighted by Gasteiger charge is 2.31. The van der Waals surface area contributed by atoms with Crippen molar-refractivity contribution in [3.05, 3.63) is 48.0 Å². The molecule has 28 heavy (non-hydrogen) atoms. The van der Waals surface area contributed by atoms with E-state index in [9.17, 15) is 9.59 Å². The van der Waals surface area contributed by atoms with Gasteiger partial charge < -0.3 is 24.4 Å². The van der Waals surface area contributed by atoms with E-state index in [0.29, 0.717) is 30.3 Å². The summed E-state index contributed by atoms with van der Waals surface area (Å²) in [4.78, 5) is 25.9. The van der Waals surface area contributed by atoms with E-state index in [1.165, 1.54) is 7.11 Å². The van der Waals surface area contributed by atoms with Crippen molar-refractivity contribution in [2.75, 3.05) is 37.1 Å². The molecule has 1 aliphatic rings. The number of nitrogens with zero attached hydrogens (tertiary/aromatic N) is 1. The van der Waals surface area contributed by atoms with Crippen LogP contribution in [0, 0.1) is 6.92 Å². The van der Waals surface area contributed by atoms with Crippen LogP contribution in [-0.4, -0.2) is 44.8 Å². The molecule has 2 aromatic carbocycles. The molecule has 0 aliphatic carbocycles. The van der Waals surface area contributed by atoms with Gasteiger partial charge in [0.2, 0.25) is 5.91 Å². The number of nitrogens with one attached hydrogen (secondary N) is 1. The maximum Gasteiger partial charge on any atom is 0.267 e. The fourth-order valence-electron chi connectivity index (χ4n) is 2.94. The van der Waals surface area contributed by atoms with Gasteiger partial charge in [-0.2, -0.15) is 0 Å². The Morgan fingerprint density at radius 2 is 1.96 bits per heavy atom. The quantitative estimate of drug-likeness (QED) is 0.794. The van der Waals surface area contributed by atoms with Gasteiger partial charge in [-0.3, -0.25) is 9.59 Å². The van der Waals surface area contributed by atoms with Crippen LogP contribution in [0.4, 0.5) is 11.4 Å². The van der Waals surface area contributed by atoms with E-state index in [1.807, 2.05) is 31.2 Å². The Bertz CT molecular complexity index is 850. The largest absolute Gasteiger partial charge is 0.492 e. The Morgan fingerprint density at radius 3 is 2.68 bits per heavy atom. The van der Waals surface area contributed by atoms with Gasteiger partial charge in [-0.1, -0.05) is 17.7 Å². The molecule has 1 unspecified atom stereocenters. The second-order valence-electron chi connectivity index (χ2n) is 6.58. The highest BCUT2D eigenvalue weighted by Crippen LogP contribution is 2.36. The van der Waals surface area contributed by atoms with Gasteiger partial charge >= 0.3 is 0 Å². The molecule has 0 saturated carbocycles. The third kappa shape index (κ3) is 4.61. The molecule has 0 bridgehead atoms. The van der Waals surface area contributed by atoms with Crippen LogP contribution in [0.5, 0.6) is 11.5 Å². The van der Waals surface area contributed by atoms with E-state index < -0.39 is 6.10 Å². The minimum Gasteiger partial charge on any atom is -0.492 e. The third-order valence-corrected chi connectivity index (χ3v) is 4.33. The first-order valence-corrected chi connectivity index (χ1v) is 9.08. The molecule has 148 valence electrons. The van der Waals surface area contributed by atoms with Crippen molar-refractivity contribution in [2.45, 2.75) is 20.0 Å². The second-order valence-corrected chi connectivity index (χ2v) is 6.58. The number of benzene rings is 2. The summed E-state index contributed by atoms with van der Waals surface area (Å²) < 4.78 is 16.3. The molecule has 1 atom stereocenters. The van der Waals surface area contributed by atoms with Crippen LogP contribution in [-0.2, 0) is 14.3 Å². The first-order valence-electron chi connectivity index (χ1n) is 9.08. The van der Waals surface area contributed by atoms with E-state index in [4.69, 9.17) is 14.2 Å². The number of anilines is 2. The van der Waals surface area contributed by atoms with Gasteiger partial charge in [0, 0.05) is 18.9 Å². The van der Waals surface area contributed by atoms with Crippen LogP contribution in [0.2, 0.25) is 0 Å². The molecule has 0 spiro atoms. The number of carbonyl (C=O) groups excluding carboxylic acids is 2. The van der Waals surface area contributed by atoms with Crippen molar-refractivity contribution in [3.8, 4) is 11.5 Å². The zero-order valence-electron chi connectivity index (χ0n) is 16.2. The molecular weight excluding hydrogens is 360 g/mol. The molecule has 0 radical (unpaired) electrons. The fraction of sp³-hybridized carbons (Fsp3) is 0.333. The predicted molar refractivity (Wildman–Crippen MR) is 106 cm³/mol. The lowest BCUT2D eigenvalue weighted by Crippen LogP contribution is -2.46. The number of carbonyl (C=O) groups is 2. The van der Waals surface area contributed by atoms with Gasteiger partial charge in [0.1, 0.15) is 24.7 Å². The summed E-state index contributed by atoms with van der Waals surface area (Å²) >= 11 is 0. The van der Waals surface area contributed by atoms with E-state index in [2.05, 4.69) is 5.32 Å². The Hall–Kier alpha value is -3.06. The van der Waals surface area contributed by atoms with Gasteiger partial charge in [0.15, 0.2) is 6.10 Å². The van der Waals surface area contributed by atoms with Crippen molar-refractivity contribution < 1.29 is 23.8 Å². The lowest BCUT2D eigenvalue weighted by atomic mass is 10.1. The number of hydrogen-bond acceptors (Lipinski definition) is 5. The van der Waals surface area contributed by atoms with Crippen LogP contribution in [0.15, 0.2) is 42.5 Å². The molecule has 0 saturated heterocycles. The smallest absolute Gasteiger partial charge is 0.267 e. The summed E-state index contributed by atoms with van der Waals surface area (Å²) in [7, 11) is 1.46. The number of hydrogen-bond donors (Lipinski definition) is 1. The lowest BCUT2D eigenvalue weighted by molar-refractivity contribution is -0.125. The van der Waals surface area contributed by atoms with Crippen molar-refractivity contribution in [2.24, 2.45) is 0 Å². The van der Waals surface area contributed by atoms with Crippen LogP contribution in [0.1, 0.15) is 12.5 Å². The Morgan fingerprint density at radius 1 is 1.21 bits per heavy atom. The highest BCUT2D eigenvalue weighted by atomic mass is 16.5. The SMILES string of the molecule is COCC(=O)Nc1ccc2c(c1)OC(C)C(=O)N2CCOc1ccc(C)cc1. The van der Waals surface area contributed by atoms with Crippen molar-refractivity contribution in [3.63, 3.8) is 0 Å². The molecule has 0 aromatic heterocycles. The molecule has 2 aromatic rings.